The van der Waals surface area contributed by atoms with E-state index in [1.165, 1.54) is 7.11 Å². The summed E-state index contributed by atoms with van der Waals surface area (Å²) >= 11 is 0. The zero-order valence-corrected chi connectivity index (χ0v) is 8.96. The van der Waals surface area contributed by atoms with E-state index in [0.717, 1.165) is 0 Å². The fourth-order valence-electron chi connectivity index (χ4n) is 1.96. The monoisotopic (exact) mass is 218 g/mol. The van der Waals surface area contributed by atoms with Gasteiger partial charge in [-0.3, -0.25) is 0 Å². The van der Waals surface area contributed by atoms with E-state index in [2.05, 4.69) is 6.58 Å². The first-order chi connectivity index (χ1) is 6.96. The van der Waals surface area contributed by atoms with Gasteiger partial charge in [0.1, 0.15) is 23.9 Å². The molecule has 1 heterocycles. The molecule has 1 rings (SSSR count). The Kier molecular flexibility index (Phi) is 3.86. The molecule has 0 saturated carbocycles. The van der Waals surface area contributed by atoms with E-state index in [4.69, 9.17) is 9.47 Å². The van der Waals surface area contributed by atoms with Gasteiger partial charge in [0.2, 0.25) is 0 Å². The molecule has 5 nitrogen and oxygen atoms in total. The second-order valence-corrected chi connectivity index (χ2v) is 3.95. The van der Waals surface area contributed by atoms with Crippen LogP contribution in [0.5, 0.6) is 0 Å². The second-order valence-electron chi connectivity index (χ2n) is 3.95. The van der Waals surface area contributed by atoms with E-state index < -0.39 is 30.2 Å². The maximum Gasteiger partial charge on any atom is 0.184 e. The molecule has 1 saturated heterocycles. The Morgan fingerprint density at radius 1 is 1.40 bits per heavy atom. The van der Waals surface area contributed by atoms with E-state index in [-0.39, 0.29) is 0 Å². The van der Waals surface area contributed by atoms with Gasteiger partial charge in [-0.2, -0.15) is 0 Å². The normalized spacial score (nSPS) is 46.5. The largest absolute Gasteiger partial charge is 0.387 e. The summed E-state index contributed by atoms with van der Waals surface area (Å²) in [6.45, 7) is 5.27. The maximum absolute atomic E-state index is 9.72. The molecule has 0 radical (unpaired) electrons. The standard InChI is InChI=1S/C10H18O5/c1-4-5-10(2)8(14-3)6(11)7(12)9(13)15-10/h4,6-9,11-13H,1,5H2,2-3H3/t6?,7?,8?,9?,10-/m0/s1. The minimum atomic E-state index is -1.41. The van der Waals surface area contributed by atoms with Crippen LogP contribution in [0.1, 0.15) is 13.3 Å². The van der Waals surface area contributed by atoms with Crippen LogP contribution >= 0.6 is 0 Å². The van der Waals surface area contributed by atoms with Crippen LogP contribution < -0.4 is 0 Å². The van der Waals surface area contributed by atoms with Crippen molar-refractivity contribution in [2.45, 2.75) is 43.5 Å². The van der Waals surface area contributed by atoms with Gasteiger partial charge in [-0.25, -0.2) is 0 Å². The third-order valence-corrected chi connectivity index (χ3v) is 2.75. The minimum absolute atomic E-state index is 0.409. The van der Waals surface area contributed by atoms with Gasteiger partial charge in [-0.15, -0.1) is 6.58 Å². The summed E-state index contributed by atoms with van der Waals surface area (Å²) in [5.74, 6) is 0. The number of aliphatic hydroxyl groups excluding tert-OH is 3. The summed E-state index contributed by atoms with van der Waals surface area (Å²) in [6.07, 6.45) is -2.61. The Hall–Kier alpha value is -0.460. The fourth-order valence-corrected chi connectivity index (χ4v) is 1.96. The van der Waals surface area contributed by atoms with Crippen molar-refractivity contribution in [1.29, 1.82) is 0 Å². The average Bonchev–Trinajstić information content (AvgIpc) is 2.15. The summed E-state index contributed by atoms with van der Waals surface area (Å²) in [5.41, 5.74) is -0.880. The second kappa shape index (κ2) is 4.59. The first-order valence-corrected chi connectivity index (χ1v) is 4.82. The van der Waals surface area contributed by atoms with Gasteiger partial charge in [0.05, 0.1) is 0 Å². The molecule has 15 heavy (non-hydrogen) atoms. The molecule has 0 bridgehead atoms. The van der Waals surface area contributed by atoms with Crippen LogP contribution in [0.4, 0.5) is 0 Å². The lowest BCUT2D eigenvalue weighted by Crippen LogP contribution is -2.63. The molecule has 1 fully saturated rings. The molecule has 1 aliphatic rings. The molecule has 88 valence electrons. The third kappa shape index (κ3) is 2.21. The predicted octanol–water partition coefficient (Wildman–Crippen LogP) is -0.593. The SMILES string of the molecule is C=CC[C@]1(C)OC(O)C(O)C(O)C1OC. The Labute approximate surface area is 88.9 Å². The highest BCUT2D eigenvalue weighted by Crippen LogP contribution is 2.33. The van der Waals surface area contributed by atoms with E-state index in [1.54, 1.807) is 13.0 Å². The lowest BCUT2D eigenvalue weighted by molar-refractivity contribution is -0.318. The van der Waals surface area contributed by atoms with Crippen molar-refractivity contribution >= 4 is 0 Å². The number of hydrogen-bond acceptors (Lipinski definition) is 5. The highest BCUT2D eigenvalue weighted by molar-refractivity contribution is 5.00. The van der Waals surface area contributed by atoms with Gasteiger partial charge >= 0.3 is 0 Å². The van der Waals surface area contributed by atoms with Crippen LogP contribution in [0.2, 0.25) is 0 Å². The third-order valence-electron chi connectivity index (χ3n) is 2.75. The summed E-state index contributed by atoms with van der Waals surface area (Å²) in [5, 5.41) is 28.5. The Bertz CT molecular complexity index is 232. The highest BCUT2D eigenvalue weighted by atomic mass is 16.7. The van der Waals surface area contributed by atoms with Gasteiger partial charge in [0.25, 0.3) is 0 Å². The maximum atomic E-state index is 9.72. The van der Waals surface area contributed by atoms with Crippen molar-refractivity contribution in [2.75, 3.05) is 7.11 Å². The Morgan fingerprint density at radius 2 is 2.00 bits per heavy atom. The molecule has 0 aliphatic carbocycles. The molecule has 0 amide bonds. The summed E-state index contributed by atoms with van der Waals surface area (Å²) in [7, 11) is 1.42. The van der Waals surface area contributed by atoms with Crippen LogP contribution in [-0.2, 0) is 9.47 Å². The molecular weight excluding hydrogens is 200 g/mol. The van der Waals surface area contributed by atoms with E-state index >= 15 is 0 Å². The number of methoxy groups -OCH3 is 1. The van der Waals surface area contributed by atoms with Crippen molar-refractivity contribution in [2.24, 2.45) is 0 Å². The van der Waals surface area contributed by atoms with Crippen molar-refractivity contribution < 1.29 is 24.8 Å². The molecule has 4 unspecified atom stereocenters. The molecule has 0 spiro atoms. The molecule has 1 aliphatic heterocycles. The first-order valence-electron chi connectivity index (χ1n) is 4.82. The van der Waals surface area contributed by atoms with E-state index in [9.17, 15) is 15.3 Å². The molecule has 5 heteroatoms. The van der Waals surface area contributed by atoms with Gasteiger partial charge < -0.3 is 24.8 Å². The molecule has 5 atom stereocenters. The van der Waals surface area contributed by atoms with Gasteiger partial charge in [-0.1, -0.05) is 6.08 Å². The molecule has 0 aromatic rings. The van der Waals surface area contributed by atoms with Gasteiger partial charge in [0.15, 0.2) is 6.29 Å². The topological polar surface area (TPSA) is 79.2 Å². The average molecular weight is 218 g/mol. The summed E-state index contributed by atoms with van der Waals surface area (Å²) < 4.78 is 10.3. The zero-order chi connectivity index (χ0) is 11.6. The van der Waals surface area contributed by atoms with Crippen LogP contribution in [-0.4, -0.2) is 52.6 Å². The highest BCUT2D eigenvalue weighted by Gasteiger charge is 2.50. The smallest absolute Gasteiger partial charge is 0.184 e. The molecular formula is C10H18O5. The van der Waals surface area contributed by atoms with Crippen molar-refractivity contribution in [3.05, 3.63) is 12.7 Å². The van der Waals surface area contributed by atoms with Crippen LogP contribution in [0.25, 0.3) is 0 Å². The quantitative estimate of drug-likeness (QED) is 0.552. The van der Waals surface area contributed by atoms with Gasteiger partial charge in [-0.05, 0) is 13.3 Å². The lowest BCUT2D eigenvalue weighted by atomic mass is 9.85. The van der Waals surface area contributed by atoms with E-state index in [1.807, 2.05) is 0 Å². The number of ether oxygens (including phenoxy) is 2. The summed E-state index contributed by atoms with van der Waals surface area (Å²) in [4.78, 5) is 0. The fraction of sp³-hybridized carbons (Fsp3) is 0.800. The predicted molar refractivity (Wildman–Crippen MR) is 53.1 cm³/mol. The molecule has 0 aromatic heterocycles. The summed E-state index contributed by atoms with van der Waals surface area (Å²) in [6, 6.07) is 0. The Morgan fingerprint density at radius 3 is 2.47 bits per heavy atom. The van der Waals surface area contributed by atoms with Crippen LogP contribution in [0.3, 0.4) is 0 Å². The van der Waals surface area contributed by atoms with E-state index in [0.29, 0.717) is 6.42 Å². The number of rotatable bonds is 3. The zero-order valence-electron chi connectivity index (χ0n) is 8.96. The lowest BCUT2D eigenvalue weighted by Gasteiger charge is -2.46. The van der Waals surface area contributed by atoms with Crippen molar-refractivity contribution in [3.63, 3.8) is 0 Å². The number of aliphatic hydroxyl groups is 3. The number of hydrogen-bond donors (Lipinski definition) is 3. The van der Waals surface area contributed by atoms with Crippen LogP contribution in [0, 0.1) is 0 Å². The van der Waals surface area contributed by atoms with Crippen LogP contribution in [0.15, 0.2) is 12.7 Å². The molecule has 3 N–H and O–H groups in total. The molecule has 0 aromatic carbocycles. The minimum Gasteiger partial charge on any atom is -0.387 e. The van der Waals surface area contributed by atoms with Crippen molar-refractivity contribution in [1.82, 2.24) is 0 Å². The van der Waals surface area contributed by atoms with Gasteiger partial charge in [0, 0.05) is 7.11 Å². The Balaban J connectivity index is 2.90. The first kappa shape index (κ1) is 12.6. The van der Waals surface area contributed by atoms with Crippen molar-refractivity contribution in [3.8, 4) is 0 Å².